The molecule has 1 aromatic carbocycles. The molecule has 0 saturated carbocycles. The van der Waals surface area contributed by atoms with E-state index in [2.05, 4.69) is 36.1 Å². The van der Waals surface area contributed by atoms with Crippen LogP contribution >= 0.6 is 0 Å². The van der Waals surface area contributed by atoms with Crippen molar-refractivity contribution in [3.63, 3.8) is 0 Å². The van der Waals surface area contributed by atoms with E-state index in [9.17, 15) is 0 Å². The lowest BCUT2D eigenvalue weighted by Crippen LogP contribution is -2.33. The largest absolute Gasteiger partial charge is 0.371 e. The van der Waals surface area contributed by atoms with E-state index in [1.54, 1.807) is 5.56 Å². The molecule has 0 bridgehead atoms. The fourth-order valence-electron chi connectivity index (χ4n) is 3.78. The summed E-state index contributed by atoms with van der Waals surface area (Å²) in [6, 6.07) is 8.69. The molecule has 1 aromatic heterocycles. The van der Waals surface area contributed by atoms with Crippen molar-refractivity contribution in [3.05, 3.63) is 35.5 Å². The van der Waals surface area contributed by atoms with Crippen LogP contribution in [0.25, 0.3) is 10.9 Å². The maximum atomic E-state index is 4.90. The second-order valence-corrected chi connectivity index (χ2v) is 6.43. The van der Waals surface area contributed by atoms with Gasteiger partial charge in [-0.3, -0.25) is 4.98 Å². The van der Waals surface area contributed by atoms with Gasteiger partial charge in [-0.15, -0.1) is 0 Å². The van der Waals surface area contributed by atoms with Gasteiger partial charge in [0.25, 0.3) is 0 Å². The Morgan fingerprint density at radius 1 is 1.10 bits per heavy atom. The zero-order valence-corrected chi connectivity index (χ0v) is 12.2. The first-order chi connectivity index (χ1) is 9.83. The highest BCUT2D eigenvalue weighted by atomic mass is 15.1. The normalized spacial score (nSPS) is 19.6. The number of aryl methyl sites for hydroxylation is 1. The van der Waals surface area contributed by atoms with E-state index < -0.39 is 0 Å². The number of rotatable bonds is 1. The van der Waals surface area contributed by atoms with Gasteiger partial charge in [0.15, 0.2) is 0 Å². The molecule has 1 aliphatic heterocycles. The highest BCUT2D eigenvalue weighted by Gasteiger charge is 2.25. The quantitative estimate of drug-likeness (QED) is 0.776. The van der Waals surface area contributed by atoms with Gasteiger partial charge in [0.05, 0.1) is 11.2 Å². The Bertz CT molecular complexity index is 639. The summed E-state index contributed by atoms with van der Waals surface area (Å²) in [5.41, 5.74) is 5.59. The van der Waals surface area contributed by atoms with Crippen molar-refractivity contribution in [2.75, 3.05) is 18.0 Å². The summed E-state index contributed by atoms with van der Waals surface area (Å²) in [5.74, 6) is 0.882. The summed E-state index contributed by atoms with van der Waals surface area (Å²) in [4.78, 5) is 7.53. The van der Waals surface area contributed by atoms with E-state index in [0.29, 0.717) is 0 Å². The van der Waals surface area contributed by atoms with Crippen molar-refractivity contribution in [1.29, 1.82) is 0 Å². The molecule has 0 radical (unpaired) electrons. The number of hydrogen-bond donors (Lipinski definition) is 0. The molecule has 2 heteroatoms. The number of fused-ring (bicyclic) bond motifs is 2. The van der Waals surface area contributed by atoms with Crippen molar-refractivity contribution >= 4 is 16.6 Å². The number of hydrogen-bond acceptors (Lipinski definition) is 2. The molecule has 2 nitrogen and oxygen atoms in total. The number of pyridine rings is 1. The first-order valence-electron chi connectivity index (χ1n) is 7.98. The van der Waals surface area contributed by atoms with Crippen LogP contribution in [0.1, 0.15) is 37.4 Å². The third-order valence-electron chi connectivity index (χ3n) is 4.99. The van der Waals surface area contributed by atoms with E-state index in [0.717, 1.165) is 12.3 Å². The van der Waals surface area contributed by atoms with Crippen LogP contribution in [0.3, 0.4) is 0 Å². The predicted molar refractivity (Wildman–Crippen MR) is 84.4 cm³/mol. The first kappa shape index (κ1) is 12.2. The topological polar surface area (TPSA) is 16.1 Å². The van der Waals surface area contributed by atoms with E-state index >= 15 is 0 Å². The highest BCUT2D eigenvalue weighted by Crippen LogP contribution is 2.38. The van der Waals surface area contributed by atoms with Gasteiger partial charge in [-0.05, 0) is 49.7 Å². The lowest BCUT2D eigenvalue weighted by molar-refractivity contribution is 0.438. The SMILES string of the molecule is CC1CCN(c2c3c(nc4ccccc24)CCC3)CC1. The summed E-state index contributed by atoms with van der Waals surface area (Å²) in [5, 5.41) is 1.36. The van der Waals surface area contributed by atoms with Crippen LogP contribution in [-0.2, 0) is 12.8 Å². The number of benzene rings is 1. The van der Waals surface area contributed by atoms with Gasteiger partial charge in [-0.2, -0.15) is 0 Å². The minimum absolute atomic E-state index is 0.882. The van der Waals surface area contributed by atoms with Crippen molar-refractivity contribution in [2.45, 2.75) is 39.0 Å². The van der Waals surface area contributed by atoms with Gasteiger partial charge >= 0.3 is 0 Å². The number of para-hydroxylation sites is 1. The first-order valence-corrected chi connectivity index (χ1v) is 7.98. The Labute approximate surface area is 120 Å². The summed E-state index contributed by atoms with van der Waals surface area (Å²) in [7, 11) is 0. The molecule has 4 rings (SSSR count). The molecular weight excluding hydrogens is 244 g/mol. The van der Waals surface area contributed by atoms with Crippen LogP contribution in [-0.4, -0.2) is 18.1 Å². The second kappa shape index (κ2) is 4.76. The average Bonchev–Trinajstić information content (AvgIpc) is 2.93. The predicted octanol–water partition coefficient (Wildman–Crippen LogP) is 3.96. The Hall–Kier alpha value is -1.57. The molecule has 1 fully saturated rings. The lowest BCUT2D eigenvalue weighted by Gasteiger charge is -2.34. The zero-order valence-electron chi connectivity index (χ0n) is 12.2. The van der Waals surface area contributed by atoms with Gasteiger partial charge in [-0.25, -0.2) is 0 Å². The van der Waals surface area contributed by atoms with Crippen molar-refractivity contribution in [3.8, 4) is 0 Å². The maximum Gasteiger partial charge on any atom is 0.0726 e. The standard InChI is InChI=1S/C18H22N2/c1-13-9-11-20(12-10-13)18-14-5-2-3-7-16(14)19-17-8-4-6-15(17)18/h2-3,5,7,13H,4,6,8-12H2,1H3. The number of anilines is 1. The van der Waals surface area contributed by atoms with E-state index in [1.165, 1.54) is 61.1 Å². The van der Waals surface area contributed by atoms with Crippen LogP contribution in [0.5, 0.6) is 0 Å². The monoisotopic (exact) mass is 266 g/mol. The molecule has 0 atom stereocenters. The van der Waals surface area contributed by atoms with E-state index in [1.807, 2.05) is 0 Å². The van der Waals surface area contributed by atoms with E-state index in [-0.39, 0.29) is 0 Å². The van der Waals surface area contributed by atoms with Crippen LogP contribution in [0.15, 0.2) is 24.3 Å². The molecule has 2 heterocycles. The molecule has 20 heavy (non-hydrogen) atoms. The molecule has 0 N–H and O–H groups in total. The molecule has 0 spiro atoms. The number of nitrogens with zero attached hydrogens (tertiary/aromatic N) is 2. The molecule has 2 aliphatic rings. The van der Waals surface area contributed by atoms with Gasteiger partial charge in [-0.1, -0.05) is 25.1 Å². The smallest absolute Gasteiger partial charge is 0.0726 e. The third-order valence-corrected chi connectivity index (χ3v) is 4.99. The summed E-state index contributed by atoms with van der Waals surface area (Å²) < 4.78 is 0. The summed E-state index contributed by atoms with van der Waals surface area (Å²) in [6.07, 6.45) is 6.30. The van der Waals surface area contributed by atoms with Crippen molar-refractivity contribution < 1.29 is 0 Å². The van der Waals surface area contributed by atoms with Crippen LogP contribution < -0.4 is 4.90 Å². The molecule has 2 aromatic rings. The van der Waals surface area contributed by atoms with Crippen molar-refractivity contribution in [1.82, 2.24) is 4.98 Å². The van der Waals surface area contributed by atoms with Gasteiger partial charge in [0.1, 0.15) is 0 Å². The fraction of sp³-hybridized carbons (Fsp3) is 0.500. The van der Waals surface area contributed by atoms with E-state index in [4.69, 9.17) is 4.98 Å². The second-order valence-electron chi connectivity index (χ2n) is 6.43. The van der Waals surface area contributed by atoms with Gasteiger partial charge < -0.3 is 4.90 Å². The summed E-state index contributed by atoms with van der Waals surface area (Å²) in [6.45, 7) is 4.80. The minimum atomic E-state index is 0.882. The zero-order chi connectivity index (χ0) is 13.5. The highest BCUT2D eigenvalue weighted by molar-refractivity contribution is 5.94. The summed E-state index contributed by atoms with van der Waals surface area (Å²) >= 11 is 0. The van der Waals surface area contributed by atoms with Gasteiger partial charge in [0, 0.05) is 24.2 Å². The molecular formula is C18H22N2. The third kappa shape index (κ3) is 1.90. The minimum Gasteiger partial charge on any atom is -0.371 e. The Morgan fingerprint density at radius 2 is 1.90 bits per heavy atom. The molecule has 1 saturated heterocycles. The average molecular weight is 266 g/mol. The molecule has 1 aliphatic carbocycles. The Kier molecular flexibility index (Phi) is 2.90. The molecule has 104 valence electrons. The number of aromatic nitrogens is 1. The van der Waals surface area contributed by atoms with Crippen molar-refractivity contribution in [2.24, 2.45) is 5.92 Å². The fourth-order valence-corrected chi connectivity index (χ4v) is 3.78. The van der Waals surface area contributed by atoms with Crippen LogP contribution in [0.2, 0.25) is 0 Å². The maximum absolute atomic E-state index is 4.90. The number of piperidine rings is 1. The molecule has 0 amide bonds. The Morgan fingerprint density at radius 3 is 2.75 bits per heavy atom. The molecule has 0 unspecified atom stereocenters. The van der Waals surface area contributed by atoms with Gasteiger partial charge in [0.2, 0.25) is 0 Å². The van der Waals surface area contributed by atoms with Crippen LogP contribution in [0, 0.1) is 5.92 Å². The lowest BCUT2D eigenvalue weighted by atomic mass is 9.97. The van der Waals surface area contributed by atoms with Crippen LogP contribution in [0.4, 0.5) is 5.69 Å². The Balaban J connectivity index is 1.88.